The minimum atomic E-state index is -4.50. The lowest BCUT2D eigenvalue weighted by molar-refractivity contribution is -0.0999. The van der Waals surface area contributed by atoms with E-state index < -0.39 is 12.4 Å². The standard InChI is InChI=1S/C16H16F3NO/c1-10-6-7-11(2)14(8-10)15(21)12-4-3-5-13(9-12)20-16(17,18)19/h3-9,15,20-21H,1-2H3. The van der Waals surface area contributed by atoms with Gasteiger partial charge in [-0.1, -0.05) is 35.9 Å². The van der Waals surface area contributed by atoms with Gasteiger partial charge in [-0.25, -0.2) is 0 Å². The Morgan fingerprint density at radius 3 is 2.43 bits per heavy atom. The third-order valence-corrected chi connectivity index (χ3v) is 3.22. The maximum Gasteiger partial charge on any atom is 0.482 e. The second-order valence-corrected chi connectivity index (χ2v) is 5.01. The van der Waals surface area contributed by atoms with Crippen LogP contribution in [0, 0.1) is 13.8 Å². The minimum absolute atomic E-state index is 0.0932. The molecule has 0 bridgehead atoms. The average Bonchev–Trinajstić information content (AvgIpc) is 2.39. The van der Waals surface area contributed by atoms with Crippen LogP contribution < -0.4 is 5.32 Å². The van der Waals surface area contributed by atoms with Crippen LogP contribution in [0.25, 0.3) is 0 Å². The van der Waals surface area contributed by atoms with Gasteiger partial charge in [0.05, 0.1) is 0 Å². The van der Waals surface area contributed by atoms with E-state index >= 15 is 0 Å². The number of aryl methyl sites for hydroxylation is 2. The first-order chi connectivity index (χ1) is 9.76. The Labute approximate surface area is 121 Å². The largest absolute Gasteiger partial charge is 0.482 e. The van der Waals surface area contributed by atoms with Crippen molar-refractivity contribution >= 4 is 5.69 Å². The lowest BCUT2D eigenvalue weighted by Crippen LogP contribution is -2.20. The SMILES string of the molecule is Cc1ccc(C)c(C(O)c2cccc(NC(F)(F)F)c2)c1. The molecule has 0 aliphatic rings. The second kappa shape index (κ2) is 5.77. The smallest absolute Gasteiger partial charge is 0.384 e. The summed E-state index contributed by atoms with van der Waals surface area (Å²) < 4.78 is 37.0. The second-order valence-electron chi connectivity index (χ2n) is 5.01. The van der Waals surface area contributed by atoms with Crippen molar-refractivity contribution in [3.8, 4) is 0 Å². The van der Waals surface area contributed by atoms with E-state index in [1.54, 1.807) is 6.07 Å². The highest BCUT2D eigenvalue weighted by Crippen LogP contribution is 2.28. The van der Waals surface area contributed by atoms with Gasteiger partial charge in [0.2, 0.25) is 0 Å². The van der Waals surface area contributed by atoms with Gasteiger partial charge in [0.1, 0.15) is 6.10 Å². The highest BCUT2D eigenvalue weighted by molar-refractivity contribution is 5.49. The fourth-order valence-corrected chi connectivity index (χ4v) is 2.18. The van der Waals surface area contributed by atoms with E-state index in [9.17, 15) is 18.3 Å². The van der Waals surface area contributed by atoms with E-state index in [2.05, 4.69) is 0 Å². The van der Waals surface area contributed by atoms with Gasteiger partial charge in [-0.05, 0) is 42.7 Å². The number of aliphatic hydroxyl groups is 1. The summed E-state index contributed by atoms with van der Waals surface area (Å²) in [6.07, 6.45) is -5.46. The molecule has 21 heavy (non-hydrogen) atoms. The van der Waals surface area contributed by atoms with Crippen LogP contribution in [0.1, 0.15) is 28.4 Å². The maximum absolute atomic E-state index is 12.3. The highest BCUT2D eigenvalue weighted by Gasteiger charge is 2.27. The van der Waals surface area contributed by atoms with Crippen LogP contribution in [0.2, 0.25) is 0 Å². The Balaban J connectivity index is 2.33. The summed E-state index contributed by atoms with van der Waals surface area (Å²) in [6, 6.07) is 11.3. The van der Waals surface area contributed by atoms with E-state index in [0.29, 0.717) is 11.1 Å². The first kappa shape index (κ1) is 15.4. The quantitative estimate of drug-likeness (QED) is 0.827. The zero-order chi connectivity index (χ0) is 15.6. The lowest BCUT2D eigenvalue weighted by atomic mass is 9.95. The molecule has 0 radical (unpaired) electrons. The molecular formula is C16H16F3NO. The Kier molecular flexibility index (Phi) is 4.23. The van der Waals surface area contributed by atoms with Crippen molar-refractivity contribution in [3.63, 3.8) is 0 Å². The molecule has 0 amide bonds. The molecular weight excluding hydrogens is 279 g/mol. The Morgan fingerprint density at radius 1 is 1.05 bits per heavy atom. The molecule has 0 saturated heterocycles. The summed E-state index contributed by atoms with van der Waals surface area (Å²) in [5, 5.41) is 11.9. The number of alkyl halides is 3. The van der Waals surface area contributed by atoms with Crippen molar-refractivity contribution in [3.05, 3.63) is 64.7 Å². The molecule has 0 aromatic heterocycles. The van der Waals surface area contributed by atoms with Gasteiger partial charge >= 0.3 is 6.30 Å². The lowest BCUT2D eigenvalue weighted by Gasteiger charge is -2.17. The monoisotopic (exact) mass is 295 g/mol. The molecule has 0 heterocycles. The van der Waals surface area contributed by atoms with Crippen LogP contribution in [-0.4, -0.2) is 11.4 Å². The predicted molar refractivity (Wildman–Crippen MR) is 76.1 cm³/mol. The number of halogens is 3. The summed E-state index contributed by atoms with van der Waals surface area (Å²) in [5.74, 6) is 0. The van der Waals surface area contributed by atoms with Crippen molar-refractivity contribution < 1.29 is 18.3 Å². The van der Waals surface area contributed by atoms with Gasteiger partial charge in [0, 0.05) is 5.69 Å². The van der Waals surface area contributed by atoms with Crippen molar-refractivity contribution in [2.45, 2.75) is 26.3 Å². The fourth-order valence-electron chi connectivity index (χ4n) is 2.18. The van der Waals surface area contributed by atoms with E-state index in [4.69, 9.17) is 0 Å². The number of anilines is 1. The van der Waals surface area contributed by atoms with Crippen LogP contribution in [-0.2, 0) is 0 Å². The van der Waals surface area contributed by atoms with Gasteiger partial charge in [-0.3, -0.25) is 5.32 Å². The summed E-state index contributed by atoms with van der Waals surface area (Å²) in [7, 11) is 0. The van der Waals surface area contributed by atoms with Crippen molar-refractivity contribution in [2.75, 3.05) is 5.32 Å². The number of rotatable bonds is 3. The molecule has 0 aliphatic heterocycles. The first-order valence-corrected chi connectivity index (χ1v) is 6.46. The number of hydrogen-bond donors (Lipinski definition) is 2. The fraction of sp³-hybridized carbons (Fsp3) is 0.250. The molecule has 1 unspecified atom stereocenters. The van der Waals surface area contributed by atoms with Gasteiger partial charge in [-0.2, -0.15) is 13.2 Å². The average molecular weight is 295 g/mol. The van der Waals surface area contributed by atoms with Gasteiger partial charge in [0.25, 0.3) is 0 Å². The Morgan fingerprint density at radius 2 is 1.76 bits per heavy atom. The zero-order valence-corrected chi connectivity index (χ0v) is 11.7. The van der Waals surface area contributed by atoms with Crippen LogP contribution in [0.5, 0.6) is 0 Å². The van der Waals surface area contributed by atoms with E-state index in [0.717, 1.165) is 11.1 Å². The summed E-state index contributed by atoms with van der Waals surface area (Å²) in [6.45, 7) is 3.76. The molecule has 2 aromatic carbocycles. The number of hydrogen-bond acceptors (Lipinski definition) is 2. The normalized spacial score (nSPS) is 13.0. The third kappa shape index (κ3) is 3.98. The van der Waals surface area contributed by atoms with Crippen LogP contribution >= 0.6 is 0 Å². The minimum Gasteiger partial charge on any atom is -0.384 e. The maximum atomic E-state index is 12.3. The van der Waals surface area contributed by atoms with E-state index in [1.807, 2.05) is 32.0 Å². The summed E-state index contributed by atoms with van der Waals surface area (Å²) in [5.41, 5.74) is 2.89. The summed E-state index contributed by atoms with van der Waals surface area (Å²) in [4.78, 5) is 0. The molecule has 112 valence electrons. The Bertz CT molecular complexity index is 638. The number of aliphatic hydroxyl groups excluding tert-OH is 1. The first-order valence-electron chi connectivity index (χ1n) is 6.46. The molecule has 0 saturated carbocycles. The molecule has 2 rings (SSSR count). The number of nitrogens with one attached hydrogen (secondary N) is 1. The molecule has 5 heteroatoms. The third-order valence-electron chi connectivity index (χ3n) is 3.22. The van der Waals surface area contributed by atoms with Crippen molar-refractivity contribution in [1.82, 2.24) is 0 Å². The van der Waals surface area contributed by atoms with Crippen LogP contribution in [0.4, 0.5) is 18.9 Å². The molecule has 2 nitrogen and oxygen atoms in total. The topological polar surface area (TPSA) is 32.3 Å². The van der Waals surface area contributed by atoms with Crippen LogP contribution in [0.3, 0.4) is 0 Å². The van der Waals surface area contributed by atoms with E-state index in [1.165, 1.54) is 23.5 Å². The van der Waals surface area contributed by atoms with Gasteiger partial charge < -0.3 is 5.11 Å². The van der Waals surface area contributed by atoms with Crippen LogP contribution in [0.15, 0.2) is 42.5 Å². The Hall–Kier alpha value is -2.01. The molecule has 2 aromatic rings. The van der Waals surface area contributed by atoms with Crippen molar-refractivity contribution in [2.24, 2.45) is 0 Å². The highest BCUT2D eigenvalue weighted by atomic mass is 19.4. The molecule has 0 aliphatic carbocycles. The molecule has 1 atom stereocenters. The molecule has 2 N–H and O–H groups in total. The zero-order valence-electron chi connectivity index (χ0n) is 11.7. The summed E-state index contributed by atoms with van der Waals surface area (Å²) >= 11 is 0. The van der Waals surface area contributed by atoms with E-state index in [-0.39, 0.29) is 5.69 Å². The molecule has 0 spiro atoms. The predicted octanol–water partition coefficient (Wildman–Crippen LogP) is 4.32. The molecule has 0 fully saturated rings. The van der Waals surface area contributed by atoms with Gasteiger partial charge in [-0.15, -0.1) is 0 Å². The van der Waals surface area contributed by atoms with Crippen molar-refractivity contribution in [1.29, 1.82) is 0 Å². The number of benzene rings is 2. The van der Waals surface area contributed by atoms with Gasteiger partial charge in [0.15, 0.2) is 0 Å².